The van der Waals surface area contributed by atoms with E-state index in [9.17, 15) is 18.0 Å². The standard InChI is InChI=1S/C19H24ClF3N4O/c1-2-14(11-26-24)25-10-12-3-6-15(7-4-12)27-18(28)16-9-13(19(21,22)23)5-8-17(16)20/h2,5,8-9,11-12,15,25-26H,1,3-4,6-7,10,24H2,(H,27,28)/b14-11+/t12-,15-. The van der Waals surface area contributed by atoms with Crippen molar-refractivity contribution in [2.45, 2.75) is 37.9 Å². The fourth-order valence-corrected chi connectivity index (χ4v) is 3.39. The Morgan fingerprint density at radius 3 is 2.54 bits per heavy atom. The number of hydrogen-bond acceptors (Lipinski definition) is 4. The molecular weight excluding hydrogens is 393 g/mol. The number of allylic oxidation sites excluding steroid dienone is 1. The average molecular weight is 417 g/mol. The molecule has 0 heterocycles. The van der Waals surface area contributed by atoms with Gasteiger partial charge in [0.25, 0.3) is 5.91 Å². The van der Waals surface area contributed by atoms with Crippen molar-refractivity contribution in [1.29, 1.82) is 0 Å². The Balaban J connectivity index is 1.88. The molecule has 0 atom stereocenters. The first-order chi connectivity index (χ1) is 13.2. The second-order valence-corrected chi connectivity index (χ2v) is 7.14. The molecule has 0 bridgehead atoms. The molecule has 0 radical (unpaired) electrons. The van der Waals surface area contributed by atoms with Crippen LogP contribution in [0.1, 0.15) is 41.6 Å². The molecular formula is C19H24ClF3N4O. The van der Waals surface area contributed by atoms with Crippen LogP contribution in [0.25, 0.3) is 0 Å². The van der Waals surface area contributed by atoms with Crippen LogP contribution in [-0.2, 0) is 6.18 Å². The first-order valence-electron chi connectivity index (χ1n) is 8.94. The molecule has 0 saturated heterocycles. The maximum absolute atomic E-state index is 12.9. The minimum absolute atomic E-state index is 0.000593. The number of halogens is 4. The highest BCUT2D eigenvalue weighted by Crippen LogP contribution is 2.32. The molecule has 0 spiro atoms. The van der Waals surface area contributed by atoms with E-state index in [0.29, 0.717) is 5.92 Å². The van der Waals surface area contributed by atoms with Crippen LogP contribution in [0.3, 0.4) is 0 Å². The summed E-state index contributed by atoms with van der Waals surface area (Å²) in [6.45, 7) is 4.44. The van der Waals surface area contributed by atoms with Crippen molar-refractivity contribution in [2.24, 2.45) is 11.8 Å². The number of hydrazine groups is 1. The van der Waals surface area contributed by atoms with Gasteiger partial charge < -0.3 is 16.1 Å². The highest BCUT2D eigenvalue weighted by atomic mass is 35.5. The van der Waals surface area contributed by atoms with Crippen LogP contribution in [0.15, 0.2) is 42.8 Å². The number of carbonyl (C=O) groups excluding carboxylic acids is 1. The summed E-state index contributed by atoms with van der Waals surface area (Å²) in [7, 11) is 0. The predicted molar refractivity (Wildman–Crippen MR) is 103 cm³/mol. The minimum atomic E-state index is -4.52. The van der Waals surface area contributed by atoms with E-state index in [-0.39, 0.29) is 16.6 Å². The van der Waals surface area contributed by atoms with Crippen molar-refractivity contribution < 1.29 is 18.0 Å². The third-order valence-corrected chi connectivity index (χ3v) is 5.10. The fraction of sp³-hybridized carbons (Fsp3) is 0.421. The molecule has 5 nitrogen and oxygen atoms in total. The number of benzene rings is 1. The van der Waals surface area contributed by atoms with E-state index in [2.05, 4.69) is 22.6 Å². The zero-order chi connectivity index (χ0) is 20.7. The lowest BCUT2D eigenvalue weighted by molar-refractivity contribution is -0.137. The molecule has 1 aromatic rings. The normalized spacial score (nSPS) is 20.4. The maximum atomic E-state index is 12.9. The molecule has 2 rings (SSSR count). The van der Waals surface area contributed by atoms with Crippen LogP contribution >= 0.6 is 11.6 Å². The van der Waals surface area contributed by atoms with Crippen LogP contribution < -0.4 is 21.9 Å². The van der Waals surface area contributed by atoms with Crippen LogP contribution in [-0.4, -0.2) is 18.5 Å². The van der Waals surface area contributed by atoms with E-state index in [1.165, 1.54) is 0 Å². The summed E-state index contributed by atoms with van der Waals surface area (Å²) in [6.07, 6.45) is 2.00. The van der Waals surface area contributed by atoms with Crippen molar-refractivity contribution in [3.05, 3.63) is 58.9 Å². The van der Waals surface area contributed by atoms with E-state index in [4.69, 9.17) is 17.4 Å². The number of nitrogens with one attached hydrogen (secondary N) is 3. The van der Waals surface area contributed by atoms with Gasteiger partial charge in [0.05, 0.1) is 21.8 Å². The Kier molecular flexibility index (Phi) is 7.77. The highest BCUT2D eigenvalue weighted by Gasteiger charge is 2.32. The summed E-state index contributed by atoms with van der Waals surface area (Å²) >= 11 is 5.93. The molecule has 1 saturated carbocycles. The fourth-order valence-electron chi connectivity index (χ4n) is 3.18. The second-order valence-electron chi connectivity index (χ2n) is 6.73. The quantitative estimate of drug-likeness (QED) is 0.310. The molecule has 1 aromatic carbocycles. The molecule has 154 valence electrons. The summed E-state index contributed by atoms with van der Waals surface area (Å²) in [5.41, 5.74) is 2.18. The number of nitrogens with two attached hydrogens (primary N) is 1. The van der Waals surface area contributed by atoms with Crippen molar-refractivity contribution in [3.63, 3.8) is 0 Å². The summed E-state index contributed by atoms with van der Waals surface area (Å²) in [4.78, 5) is 12.4. The molecule has 0 unspecified atom stereocenters. The molecule has 9 heteroatoms. The van der Waals surface area contributed by atoms with Gasteiger partial charge >= 0.3 is 6.18 Å². The Morgan fingerprint density at radius 2 is 1.96 bits per heavy atom. The van der Waals surface area contributed by atoms with Gasteiger partial charge in [-0.05, 0) is 55.9 Å². The van der Waals surface area contributed by atoms with Crippen molar-refractivity contribution in [1.82, 2.24) is 16.1 Å². The monoisotopic (exact) mass is 416 g/mol. The van der Waals surface area contributed by atoms with Gasteiger partial charge in [-0.25, -0.2) is 0 Å². The SMILES string of the molecule is C=C/C(=C\NN)NC[C@H]1CC[C@H](NC(=O)c2cc(C(F)(F)F)ccc2Cl)CC1. The Bertz CT molecular complexity index is 728. The van der Waals surface area contributed by atoms with Gasteiger partial charge in [0.1, 0.15) is 0 Å². The average Bonchev–Trinajstić information content (AvgIpc) is 2.65. The number of hydrogen-bond donors (Lipinski definition) is 4. The van der Waals surface area contributed by atoms with Crippen molar-refractivity contribution in [3.8, 4) is 0 Å². The lowest BCUT2D eigenvalue weighted by Gasteiger charge is -2.29. The number of carbonyl (C=O) groups is 1. The van der Waals surface area contributed by atoms with E-state index in [0.717, 1.165) is 56.1 Å². The summed E-state index contributed by atoms with van der Waals surface area (Å²) in [5, 5.41) is 6.05. The molecule has 28 heavy (non-hydrogen) atoms. The van der Waals surface area contributed by atoms with E-state index >= 15 is 0 Å². The van der Waals surface area contributed by atoms with Crippen LogP contribution in [0, 0.1) is 5.92 Å². The van der Waals surface area contributed by atoms with Gasteiger partial charge in [-0.2, -0.15) is 13.2 Å². The van der Waals surface area contributed by atoms with Crippen LogP contribution in [0.5, 0.6) is 0 Å². The Labute approximate surface area is 167 Å². The second kappa shape index (κ2) is 9.84. The van der Waals surface area contributed by atoms with Gasteiger partial charge in [-0.3, -0.25) is 10.6 Å². The number of rotatable bonds is 7. The maximum Gasteiger partial charge on any atom is 0.416 e. The van der Waals surface area contributed by atoms with E-state index < -0.39 is 17.6 Å². The van der Waals surface area contributed by atoms with Gasteiger partial charge in [0, 0.05) is 18.8 Å². The van der Waals surface area contributed by atoms with Crippen molar-refractivity contribution in [2.75, 3.05) is 6.54 Å². The van der Waals surface area contributed by atoms with E-state index in [1.807, 2.05) is 0 Å². The van der Waals surface area contributed by atoms with Crippen molar-refractivity contribution >= 4 is 17.5 Å². The van der Waals surface area contributed by atoms with Gasteiger partial charge in [-0.15, -0.1) is 0 Å². The van der Waals surface area contributed by atoms with Gasteiger partial charge in [-0.1, -0.05) is 18.2 Å². The largest absolute Gasteiger partial charge is 0.416 e. The van der Waals surface area contributed by atoms with Gasteiger partial charge in [0.15, 0.2) is 0 Å². The first-order valence-corrected chi connectivity index (χ1v) is 9.32. The van der Waals surface area contributed by atoms with Crippen LogP contribution in [0.2, 0.25) is 5.02 Å². The molecule has 5 N–H and O–H groups in total. The summed E-state index contributed by atoms with van der Waals surface area (Å²) in [5.74, 6) is 5.09. The molecule has 1 fully saturated rings. The lowest BCUT2D eigenvalue weighted by Crippen LogP contribution is -2.39. The minimum Gasteiger partial charge on any atom is -0.384 e. The smallest absolute Gasteiger partial charge is 0.384 e. The van der Waals surface area contributed by atoms with E-state index in [1.54, 1.807) is 12.3 Å². The molecule has 0 aromatic heterocycles. The Hall–Kier alpha value is -2.19. The zero-order valence-electron chi connectivity index (χ0n) is 15.3. The predicted octanol–water partition coefficient (Wildman–Crippen LogP) is 3.73. The first kappa shape index (κ1) is 22.1. The number of alkyl halides is 3. The third kappa shape index (κ3) is 6.17. The Morgan fingerprint density at radius 1 is 1.29 bits per heavy atom. The van der Waals surface area contributed by atoms with Gasteiger partial charge in [0.2, 0.25) is 0 Å². The highest BCUT2D eigenvalue weighted by molar-refractivity contribution is 6.33. The number of amides is 1. The molecule has 1 amide bonds. The zero-order valence-corrected chi connectivity index (χ0v) is 16.0. The third-order valence-electron chi connectivity index (χ3n) is 4.77. The summed E-state index contributed by atoms with van der Waals surface area (Å²) < 4.78 is 38.6. The summed E-state index contributed by atoms with van der Waals surface area (Å²) in [6, 6.07) is 2.67. The lowest BCUT2D eigenvalue weighted by atomic mass is 9.86. The molecule has 1 aliphatic rings. The molecule has 0 aliphatic heterocycles. The topological polar surface area (TPSA) is 79.2 Å². The molecule has 1 aliphatic carbocycles. The van der Waals surface area contributed by atoms with Crippen LogP contribution in [0.4, 0.5) is 13.2 Å².